The van der Waals surface area contributed by atoms with Gasteiger partial charge in [-0.15, -0.1) is 0 Å². The average molecular weight is 195 g/mol. The fourth-order valence-corrected chi connectivity index (χ4v) is 1.57. The van der Waals surface area contributed by atoms with Crippen LogP contribution in [0.1, 0.15) is 6.92 Å². The first-order valence-corrected chi connectivity index (χ1v) is 5.01. The molecule has 1 atom stereocenters. The fourth-order valence-electron chi connectivity index (χ4n) is 0.933. The van der Waals surface area contributed by atoms with Gasteiger partial charge < -0.3 is 5.73 Å². The van der Waals surface area contributed by atoms with Crippen molar-refractivity contribution in [2.75, 3.05) is 6.54 Å². The van der Waals surface area contributed by atoms with E-state index < -0.39 is 0 Å². The Hall–Kier alpha value is -0.800. The summed E-state index contributed by atoms with van der Waals surface area (Å²) in [6.07, 6.45) is 10.0. The highest BCUT2D eigenvalue weighted by molar-refractivity contribution is 8.17. The normalized spacial score (nSPS) is 21.1. The molecule has 0 radical (unpaired) electrons. The van der Waals surface area contributed by atoms with Gasteiger partial charge in [-0.2, -0.15) is 0 Å². The SMILES string of the molecule is CC1C=CC=C(SC(=O)CN)C=C1. The van der Waals surface area contributed by atoms with Crippen LogP contribution < -0.4 is 5.73 Å². The molecule has 2 nitrogen and oxygen atoms in total. The Labute approximate surface area is 82.6 Å². The van der Waals surface area contributed by atoms with Gasteiger partial charge in [0, 0.05) is 4.91 Å². The van der Waals surface area contributed by atoms with Gasteiger partial charge in [0.15, 0.2) is 0 Å². The van der Waals surface area contributed by atoms with Crippen LogP contribution in [0.25, 0.3) is 0 Å². The van der Waals surface area contributed by atoms with Crippen LogP contribution in [-0.2, 0) is 4.79 Å². The van der Waals surface area contributed by atoms with Crippen LogP contribution in [0.5, 0.6) is 0 Å². The minimum atomic E-state index is -0.00106. The van der Waals surface area contributed by atoms with Crippen LogP contribution in [0.4, 0.5) is 0 Å². The third kappa shape index (κ3) is 3.61. The molecule has 1 rings (SSSR count). The second-order valence-electron chi connectivity index (χ2n) is 2.85. The van der Waals surface area contributed by atoms with Gasteiger partial charge in [0.2, 0.25) is 5.12 Å². The molecular formula is C10H13NOS. The van der Waals surface area contributed by atoms with Crippen LogP contribution in [0.15, 0.2) is 35.3 Å². The largest absolute Gasteiger partial charge is 0.323 e. The van der Waals surface area contributed by atoms with Crippen molar-refractivity contribution >= 4 is 16.9 Å². The summed E-state index contributed by atoms with van der Waals surface area (Å²) in [7, 11) is 0. The molecule has 1 aliphatic rings. The maximum atomic E-state index is 11.0. The van der Waals surface area contributed by atoms with Crippen LogP contribution in [0, 0.1) is 5.92 Å². The molecule has 13 heavy (non-hydrogen) atoms. The molecule has 1 aliphatic carbocycles. The number of carbonyl (C=O) groups excluding carboxylic acids is 1. The number of hydrogen-bond donors (Lipinski definition) is 1. The summed E-state index contributed by atoms with van der Waals surface area (Å²) < 4.78 is 0. The van der Waals surface area contributed by atoms with Gasteiger partial charge >= 0.3 is 0 Å². The molecule has 3 heteroatoms. The average Bonchev–Trinajstić information content (AvgIpc) is 2.31. The van der Waals surface area contributed by atoms with Gasteiger partial charge in [0.05, 0.1) is 6.54 Å². The number of carbonyl (C=O) groups is 1. The van der Waals surface area contributed by atoms with Crippen LogP contribution in [0.2, 0.25) is 0 Å². The van der Waals surface area contributed by atoms with Crippen LogP contribution in [-0.4, -0.2) is 11.7 Å². The van der Waals surface area contributed by atoms with Gasteiger partial charge in [-0.3, -0.25) is 4.79 Å². The van der Waals surface area contributed by atoms with Crippen LogP contribution >= 0.6 is 11.8 Å². The third-order valence-electron chi connectivity index (χ3n) is 1.64. The topological polar surface area (TPSA) is 43.1 Å². The minimum Gasteiger partial charge on any atom is -0.323 e. The first-order valence-electron chi connectivity index (χ1n) is 4.20. The molecule has 0 aromatic rings. The number of thioether (sulfide) groups is 1. The van der Waals surface area contributed by atoms with E-state index in [1.54, 1.807) is 0 Å². The lowest BCUT2D eigenvalue weighted by Crippen LogP contribution is -2.08. The number of nitrogens with two attached hydrogens (primary N) is 1. The molecule has 0 aliphatic heterocycles. The van der Waals surface area contributed by atoms with E-state index in [2.05, 4.69) is 19.1 Å². The second-order valence-corrected chi connectivity index (χ2v) is 3.98. The Balaban J connectivity index is 2.61. The molecule has 0 saturated heterocycles. The van der Waals surface area contributed by atoms with E-state index in [1.807, 2.05) is 18.2 Å². The standard InChI is InChI=1S/C10H13NOS/c1-8-3-2-4-9(6-5-8)13-10(12)7-11/h2-6,8H,7,11H2,1H3. The molecule has 1 unspecified atom stereocenters. The Morgan fingerprint density at radius 2 is 2.38 bits per heavy atom. The van der Waals surface area contributed by atoms with Gasteiger partial charge in [0.25, 0.3) is 0 Å². The molecule has 0 amide bonds. The smallest absolute Gasteiger partial charge is 0.207 e. The highest BCUT2D eigenvalue weighted by Crippen LogP contribution is 2.20. The molecule has 70 valence electrons. The molecule has 2 N–H and O–H groups in total. The van der Waals surface area contributed by atoms with Crippen molar-refractivity contribution in [3.63, 3.8) is 0 Å². The van der Waals surface area contributed by atoms with Gasteiger partial charge in [-0.25, -0.2) is 0 Å². The van der Waals surface area contributed by atoms with E-state index in [0.29, 0.717) is 5.92 Å². The molecule has 0 heterocycles. The summed E-state index contributed by atoms with van der Waals surface area (Å²) in [5, 5.41) is -0.00106. The van der Waals surface area contributed by atoms with Crippen molar-refractivity contribution in [1.82, 2.24) is 0 Å². The Kier molecular flexibility index (Phi) is 3.99. The predicted octanol–water partition coefficient (Wildman–Crippen LogP) is 1.85. The Morgan fingerprint density at radius 3 is 3.08 bits per heavy atom. The van der Waals surface area contributed by atoms with E-state index >= 15 is 0 Å². The van der Waals surface area contributed by atoms with Crippen molar-refractivity contribution < 1.29 is 4.79 Å². The van der Waals surface area contributed by atoms with Crippen molar-refractivity contribution in [2.45, 2.75) is 6.92 Å². The highest BCUT2D eigenvalue weighted by atomic mass is 32.2. The van der Waals surface area contributed by atoms with Gasteiger partial charge in [-0.05, 0) is 12.0 Å². The number of rotatable bonds is 2. The summed E-state index contributed by atoms with van der Waals surface area (Å²) in [6.45, 7) is 2.19. The summed E-state index contributed by atoms with van der Waals surface area (Å²) in [5.41, 5.74) is 5.22. The van der Waals surface area contributed by atoms with E-state index in [4.69, 9.17) is 5.73 Å². The lowest BCUT2D eigenvalue weighted by Gasteiger charge is -1.97. The maximum Gasteiger partial charge on any atom is 0.207 e. The minimum absolute atomic E-state index is 0.00106. The van der Waals surface area contributed by atoms with E-state index in [0.717, 1.165) is 4.91 Å². The van der Waals surface area contributed by atoms with Crippen molar-refractivity contribution in [2.24, 2.45) is 11.7 Å². The van der Waals surface area contributed by atoms with E-state index in [1.165, 1.54) is 11.8 Å². The summed E-state index contributed by atoms with van der Waals surface area (Å²) in [6, 6.07) is 0. The fraction of sp³-hybridized carbons (Fsp3) is 0.300. The molecule has 0 saturated carbocycles. The van der Waals surface area contributed by atoms with E-state index in [9.17, 15) is 4.79 Å². The molecule has 0 spiro atoms. The third-order valence-corrected chi connectivity index (χ3v) is 2.54. The Morgan fingerprint density at radius 1 is 1.62 bits per heavy atom. The number of allylic oxidation sites excluding steroid dienone is 5. The molecule has 0 aromatic carbocycles. The zero-order valence-electron chi connectivity index (χ0n) is 7.57. The molecular weight excluding hydrogens is 182 g/mol. The van der Waals surface area contributed by atoms with Crippen molar-refractivity contribution in [3.8, 4) is 0 Å². The zero-order valence-corrected chi connectivity index (χ0v) is 8.38. The predicted molar refractivity (Wildman–Crippen MR) is 57.2 cm³/mol. The van der Waals surface area contributed by atoms with Crippen molar-refractivity contribution in [3.05, 3.63) is 35.3 Å². The van der Waals surface area contributed by atoms with E-state index in [-0.39, 0.29) is 11.7 Å². The molecule has 0 fully saturated rings. The summed E-state index contributed by atoms with van der Waals surface area (Å²) in [5.74, 6) is 0.433. The van der Waals surface area contributed by atoms with Crippen molar-refractivity contribution in [1.29, 1.82) is 0 Å². The zero-order chi connectivity index (χ0) is 9.68. The molecule has 0 aromatic heterocycles. The first kappa shape index (κ1) is 10.3. The van der Waals surface area contributed by atoms with Gasteiger partial charge in [0.1, 0.15) is 0 Å². The van der Waals surface area contributed by atoms with Crippen LogP contribution in [0.3, 0.4) is 0 Å². The lowest BCUT2D eigenvalue weighted by molar-refractivity contribution is -0.109. The highest BCUT2D eigenvalue weighted by Gasteiger charge is 2.03. The maximum absolute atomic E-state index is 11.0. The summed E-state index contributed by atoms with van der Waals surface area (Å²) in [4.78, 5) is 12.0. The van der Waals surface area contributed by atoms with Gasteiger partial charge in [-0.1, -0.05) is 43.0 Å². The Bertz CT molecular complexity index is 279. The number of hydrogen-bond acceptors (Lipinski definition) is 3. The quantitative estimate of drug-likeness (QED) is 0.731. The molecule has 0 bridgehead atoms. The lowest BCUT2D eigenvalue weighted by atomic mass is 10.2. The first-order chi connectivity index (χ1) is 6.22. The second kappa shape index (κ2) is 5.04. The summed E-state index contributed by atoms with van der Waals surface area (Å²) >= 11 is 1.20. The monoisotopic (exact) mass is 195 g/mol.